The first-order valence-electron chi connectivity index (χ1n) is 10.7. The van der Waals surface area contributed by atoms with Crippen LogP contribution in [0.1, 0.15) is 50.0 Å². The van der Waals surface area contributed by atoms with Gasteiger partial charge in [0.15, 0.2) is 18.2 Å². The third-order valence-electron chi connectivity index (χ3n) is 6.59. The highest BCUT2D eigenvalue weighted by Crippen LogP contribution is 2.48. The molecule has 0 amide bonds. The van der Waals surface area contributed by atoms with Gasteiger partial charge in [0, 0.05) is 18.4 Å². The summed E-state index contributed by atoms with van der Waals surface area (Å²) in [5.41, 5.74) is 1.41. The quantitative estimate of drug-likeness (QED) is 0.444. The van der Waals surface area contributed by atoms with Gasteiger partial charge in [-0.2, -0.15) is 10.5 Å². The van der Waals surface area contributed by atoms with Crippen LogP contribution in [-0.4, -0.2) is 29.5 Å². The summed E-state index contributed by atoms with van der Waals surface area (Å²) in [4.78, 5) is 1.58. The van der Waals surface area contributed by atoms with Crippen LogP contribution in [0.3, 0.4) is 0 Å². The number of hydrogen-bond donors (Lipinski definition) is 0. The molecule has 10 heteroatoms. The van der Waals surface area contributed by atoms with Crippen molar-refractivity contribution in [3.05, 3.63) is 51.8 Å². The van der Waals surface area contributed by atoms with E-state index in [4.69, 9.17) is 16.0 Å². The van der Waals surface area contributed by atoms with Gasteiger partial charge < -0.3 is 9.33 Å². The van der Waals surface area contributed by atoms with E-state index in [-0.39, 0.29) is 26.1 Å². The predicted molar refractivity (Wildman–Crippen MR) is 133 cm³/mol. The summed E-state index contributed by atoms with van der Waals surface area (Å²) in [5, 5.41) is 19.4. The summed E-state index contributed by atoms with van der Waals surface area (Å²) in [6.07, 6.45) is 1.08. The van der Waals surface area contributed by atoms with Gasteiger partial charge in [0.1, 0.15) is 18.0 Å². The van der Waals surface area contributed by atoms with Crippen molar-refractivity contribution >= 4 is 41.1 Å². The third kappa shape index (κ3) is 4.71. The van der Waals surface area contributed by atoms with E-state index in [1.54, 1.807) is 4.90 Å². The zero-order chi connectivity index (χ0) is 25.6. The summed E-state index contributed by atoms with van der Waals surface area (Å²) in [7, 11) is -5.88. The second kappa shape index (κ2) is 8.97. The summed E-state index contributed by atoms with van der Waals surface area (Å²) in [6.45, 7) is 10.9. The molecule has 1 aliphatic rings. The molecule has 1 heterocycles. The lowest BCUT2D eigenvalue weighted by atomic mass is 9.94. The molecule has 0 spiro atoms. The van der Waals surface area contributed by atoms with Gasteiger partial charge in [0.05, 0.1) is 38.5 Å². The van der Waals surface area contributed by atoms with Crippen LogP contribution in [0.2, 0.25) is 23.2 Å². The molecule has 0 aliphatic carbocycles. The maximum absolute atomic E-state index is 14.6. The van der Waals surface area contributed by atoms with Crippen molar-refractivity contribution in [1.82, 2.24) is 0 Å². The Hall–Kier alpha value is -2.43. The molecule has 0 aromatic heterocycles. The molecule has 0 saturated heterocycles. The monoisotopic (exact) mass is 519 g/mol. The number of nitrogens with zero attached hydrogens (tertiary/aromatic N) is 3. The van der Waals surface area contributed by atoms with Crippen molar-refractivity contribution in [3.63, 3.8) is 0 Å². The van der Waals surface area contributed by atoms with E-state index in [2.05, 4.69) is 39.9 Å². The molecule has 34 heavy (non-hydrogen) atoms. The third-order valence-corrected chi connectivity index (χ3v) is 12.7. The fourth-order valence-electron chi connectivity index (χ4n) is 3.83. The number of nitriles is 2. The van der Waals surface area contributed by atoms with Gasteiger partial charge in [-0.15, -0.1) is 0 Å². The number of halogens is 2. The highest BCUT2D eigenvalue weighted by atomic mass is 35.5. The van der Waals surface area contributed by atoms with Gasteiger partial charge in [-0.1, -0.05) is 32.4 Å². The molecule has 1 atom stereocenters. The number of fused-ring (bicyclic) bond motifs is 1. The van der Waals surface area contributed by atoms with Crippen molar-refractivity contribution in [2.75, 3.05) is 17.7 Å². The largest absolute Gasteiger partial charge is 0.410 e. The zero-order valence-electron chi connectivity index (χ0n) is 20.0. The molecule has 2 aromatic carbocycles. The molecular weight excluding hydrogens is 493 g/mol. The maximum atomic E-state index is 14.6. The Balaban J connectivity index is 2.23. The second-order valence-electron chi connectivity index (χ2n) is 9.97. The molecule has 0 bridgehead atoms. The van der Waals surface area contributed by atoms with Gasteiger partial charge in [-0.25, -0.2) is 12.8 Å². The first kappa shape index (κ1) is 26.2. The lowest BCUT2D eigenvalue weighted by molar-refractivity contribution is 0.171. The summed E-state index contributed by atoms with van der Waals surface area (Å²) in [5.74, 6) is -0.549. The Morgan fingerprint density at radius 3 is 2.38 bits per heavy atom. The molecule has 180 valence electrons. The number of rotatable bonds is 4. The van der Waals surface area contributed by atoms with Crippen molar-refractivity contribution in [3.8, 4) is 12.1 Å². The second-order valence-corrected chi connectivity index (χ2v) is 17.1. The van der Waals surface area contributed by atoms with E-state index in [9.17, 15) is 23.3 Å². The molecule has 1 aliphatic heterocycles. The molecule has 2 aromatic rings. The molecule has 3 rings (SSSR count). The lowest BCUT2D eigenvalue weighted by Gasteiger charge is -2.43. The Morgan fingerprint density at radius 2 is 1.85 bits per heavy atom. The first-order chi connectivity index (χ1) is 15.6. The van der Waals surface area contributed by atoms with Crippen LogP contribution < -0.4 is 4.90 Å². The topological polar surface area (TPSA) is 94.2 Å². The van der Waals surface area contributed by atoms with Gasteiger partial charge in [-0.05, 0) is 48.8 Å². The van der Waals surface area contributed by atoms with Crippen LogP contribution in [-0.2, 0) is 14.3 Å². The SMILES string of the molecule is CC(C)(C)[Si](C)(C)OC1CCN(c2ccc(S(C)(=O)=O)c(Cl)c2C#N)c2c(C#N)cc(F)cc21. The smallest absolute Gasteiger partial charge is 0.192 e. The lowest BCUT2D eigenvalue weighted by Crippen LogP contribution is -2.43. The van der Waals surface area contributed by atoms with Gasteiger partial charge >= 0.3 is 0 Å². The standard InChI is InChI=1S/C24H27ClFN3O3SSi/c1-24(2,3)34(5,6)32-20-9-10-29(23-15(13-27)11-16(26)12-17(20)23)19-7-8-21(33(4,30)31)22(25)18(19)14-28/h7-8,11-12,20H,9-10H2,1-6H3. The zero-order valence-corrected chi connectivity index (χ0v) is 22.6. The number of hydrogen-bond acceptors (Lipinski definition) is 6. The highest BCUT2D eigenvalue weighted by molar-refractivity contribution is 7.90. The average Bonchev–Trinajstić information content (AvgIpc) is 2.71. The van der Waals surface area contributed by atoms with E-state index in [1.807, 2.05) is 6.07 Å². The van der Waals surface area contributed by atoms with Crippen molar-refractivity contribution < 1.29 is 17.2 Å². The van der Waals surface area contributed by atoms with Gasteiger partial charge in [0.25, 0.3) is 0 Å². The minimum atomic E-state index is -3.65. The van der Waals surface area contributed by atoms with Gasteiger partial charge in [-0.3, -0.25) is 0 Å². The normalized spacial score (nSPS) is 16.5. The van der Waals surface area contributed by atoms with E-state index in [0.717, 1.165) is 12.3 Å². The first-order valence-corrected chi connectivity index (χ1v) is 15.9. The summed E-state index contributed by atoms with van der Waals surface area (Å²) in [6, 6.07) is 9.44. The van der Waals surface area contributed by atoms with Crippen molar-refractivity contribution in [1.29, 1.82) is 10.5 Å². The molecule has 1 unspecified atom stereocenters. The summed E-state index contributed by atoms with van der Waals surface area (Å²) < 4.78 is 45.4. The Morgan fingerprint density at radius 1 is 1.21 bits per heavy atom. The fraction of sp³-hybridized carbons (Fsp3) is 0.417. The minimum Gasteiger partial charge on any atom is -0.410 e. The predicted octanol–water partition coefficient (Wildman–Crippen LogP) is 6.23. The van der Waals surface area contributed by atoms with Crippen LogP contribution in [0.5, 0.6) is 0 Å². The Bertz CT molecular complexity index is 1340. The maximum Gasteiger partial charge on any atom is 0.192 e. The van der Waals surface area contributed by atoms with Crippen LogP contribution in [0.4, 0.5) is 15.8 Å². The fourth-order valence-corrected chi connectivity index (χ4v) is 6.50. The van der Waals surface area contributed by atoms with Crippen LogP contribution in [0, 0.1) is 28.5 Å². The minimum absolute atomic E-state index is 0.0208. The average molecular weight is 520 g/mol. The molecular formula is C24H27ClFN3O3SSi. The molecule has 0 saturated carbocycles. The molecule has 0 N–H and O–H groups in total. The highest BCUT2D eigenvalue weighted by Gasteiger charge is 2.42. The Labute approximate surface area is 206 Å². The van der Waals surface area contributed by atoms with Crippen LogP contribution in [0.25, 0.3) is 0 Å². The van der Waals surface area contributed by atoms with Crippen LogP contribution >= 0.6 is 11.6 Å². The molecule has 6 nitrogen and oxygen atoms in total. The molecule has 0 fully saturated rings. The number of sulfone groups is 1. The van der Waals surface area contributed by atoms with E-state index in [0.29, 0.717) is 29.9 Å². The Kier molecular flexibility index (Phi) is 6.91. The number of anilines is 2. The molecule has 0 radical (unpaired) electrons. The number of benzene rings is 2. The summed E-state index contributed by atoms with van der Waals surface area (Å²) >= 11 is 6.34. The van der Waals surface area contributed by atoms with Gasteiger partial charge in [0.2, 0.25) is 0 Å². The van der Waals surface area contributed by atoms with E-state index in [1.165, 1.54) is 18.2 Å². The van der Waals surface area contributed by atoms with E-state index < -0.39 is 30.1 Å². The van der Waals surface area contributed by atoms with Crippen molar-refractivity contribution in [2.45, 2.75) is 56.3 Å². The van der Waals surface area contributed by atoms with E-state index >= 15 is 0 Å². The van der Waals surface area contributed by atoms with Crippen LogP contribution in [0.15, 0.2) is 29.2 Å². The van der Waals surface area contributed by atoms with Crippen molar-refractivity contribution in [2.24, 2.45) is 0 Å².